The summed E-state index contributed by atoms with van der Waals surface area (Å²) in [6, 6.07) is 20.8. The van der Waals surface area contributed by atoms with Crippen LogP contribution >= 0.6 is 7.92 Å². The van der Waals surface area contributed by atoms with Crippen LogP contribution in [0.1, 0.15) is 136 Å². The van der Waals surface area contributed by atoms with E-state index in [2.05, 4.69) is 69.3 Å². The summed E-state index contributed by atoms with van der Waals surface area (Å²) >= 11 is 0. The van der Waals surface area contributed by atoms with E-state index in [9.17, 15) is 0 Å². The monoisotopic (exact) mass is 524 g/mol. The van der Waals surface area contributed by atoms with Crippen molar-refractivity contribution in [2.75, 3.05) is 18.5 Å². The molecule has 0 fully saturated rings. The third-order valence-corrected chi connectivity index (χ3v) is 10.2. The molecule has 0 amide bonds. The Kier molecular flexibility index (Phi) is 24.3. The van der Waals surface area contributed by atoms with Crippen LogP contribution in [0.4, 0.5) is 0 Å². The molecule has 0 spiro atoms. The summed E-state index contributed by atoms with van der Waals surface area (Å²) in [5.41, 5.74) is 2.55. The van der Waals surface area contributed by atoms with Crippen molar-refractivity contribution in [3.05, 3.63) is 60.7 Å². The molecular weight excluding hydrogens is 463 g/mol. The smallest absolute Gasteiger partial charge is 0.0184 e. The van der Waals surface area contributed by atoms with Gasteiger partial charge in [0.15, 0.2) is 0 Å². The van der Waals surface area contributed by atoms with Gasteiger partial charge in [-0.3, -0.25) is 0 Å². The van der Waals surface area contributed by atoms with Gasteiger partial charge in [0, 0.05) is 0 Å². The van der Waals surface area contributed by atoms with Gasteiger partial charge >= 0.3 is 0 Å². The van der Waals surface area contributed by atoms with Crippen molar-refractivity contribution in [1.29, 1.82) is 0 Å². The molecule has 0 aliphatic heterocycles. The van der Waals surface area contributed by atoms with Gasteiger partial charge < -0.3 is 0 Å². The fourth-order valence-electron chi connectivity index (χ4n) is 4.94. The van der Waals surface area contributed by atoms with Gasteiger partial charge in [-0.1, -0.05) is 178 Å². The standard InChI is InChI=1S/C24H51P.C12H10/c1-4-7-10-13-16-19-22-25(23-20-17-14-11-8-5-2)24-21-18-15-12-9-6-3;1-3-7-11(8-4-1)12-9-5-2-6-10-12/h4-24H2,1-3H3;1-10H. The second-order valence-electron chi connectivity index (χ2n) is 10.9. The lowest BCUT2D eigenvalue weighted by Gasteiger charge is -2.18. The van der Waals surface area contributed by atoms with Gasteiger partial charge in [-0.25, -0.2) is 0 Å². The molecule has 37 heavy (non-hydrogen) atoms. The van der Waals surface area contributed by atoms with Crippen LogP contribution < -0.4 is 0 Å². The average molecular weight is 525 g/mol. The molecule has 210 valence electrons. The maximum Gasteiger partial charge on any atom is -0.0184 e. The number of hydrogen-bond donors (Lipinski definition) is 0. The molecular formula is C36H61P. The van der Waals surface area contributed by atoms with Crippen LogP contribution in [0.5, 0.6) is 0 Å². The fourth-order valence-corrected chi connectivity index (χ4v) is 7.63. The van der Waals surface area contributed by atoms with Gasteiger partial charge in [0.1, 0.15) is 0 Å². The van der Waals surface area contributed by atoms with E-state index in [-0.39, 0.29) is 0 Å². The topological polar surface area (TPSA) is 0 Å². The highest BCUT2D eigenvalue weighted by Gasteiger charge is 2.08. The summed E-state index contributed by atoms with van der Waals surface area (Å²) < 4.78 is 0. The summed E-state index contributed by atoms with van der Waals surface area (Å²) in [5, 5.41) is 0. The summed E-state index contributed by atoms with van der Waals surface area (Å²) in [7, 11) is 0.366. The van der Waals surface area contributed by atoms with Gasteiger partial charge in [0.05, 0.1) is 0 Å². The maximum absolute atomic E-state index is 2.32. The molecule has 0 aromatic heterocycles. The first-order valence-electron chi connectivity index (χ1n) is 16.1. The van der Waals surface area contributed by atoms with Gasteiger partial charge in [0.25, 0.3) is 0 Å². The van der Waals surface area contributed by atoms with Crippen molar-refractivity contribution in [2.24, 2.45) is 0 Å². The minimum Gasteiger partial charge on any atom is -0.107 e. The highest BCUT2D eigenvalue weighted by atomic mass is 31.1. The van der Waals surface area contributed by atoms with Crippen LogP contribution in [0.25, 0.3) is 11.1 Å². The Balaban J connectivity index is 0.000000466. The van der Waals surface area contributed by atoms with Gasteiger partial charge in [-0.2, -0.15) is 0 Å². The van der Waals surface area contributed by atoms with E-state index >= 15 is 0 Å². The van der Waals surface area contributed by atoms with E-state index < -0.39 is 0 Å². The minimum absolute atomic E-state index is 0.366. The zero-order valence-corrected chi connectivity index (χ0v) is 26.0. The van der Waals surface area contributed by atoms with Crippen LogP contribution in [0.15, 0.2) is 60.7 Å². The third-order valence-electron chi connectivity index (χ3n) is 7.36. The number of rotatable bonds is 22. The third kappa shape index (κ3) is 20.5. The SMILES string of the molecule is CCCCCCCCP(CCCCCCCC)CCCCCCCC.c1ccc(-c2ccccc2)cc1. The highest BCUT2D eigenvalue weighted by Crippen LogP contribution is 2.39. The molecule has 0 aliphatic carbocycles. The van der Waals surface area contributed by atoms with Gasteiger partial charge in [-0.05, 0) is 48.9 Å². The molecule has 1 heteroatoms. The Morgan fingerprint density at radius 1 is 0.351 bits per heavy atom. The summed E-state index contributed by atoms with van der Waals surface area (Å²) in [5.74, 6) is 0. The molecule has 0 nitrogen and oxygen atoms in total. The van der Waals surface area contributed by atoms with Crippen LogP contribution in [0.3, 0.4) is 0 Å². The van der Waals surface area contributed by atoms with Crippen molar-refractivity contribution in [1.82, 2.24) is 0 Å². The molecule has 2 aromatic carbocycles. The summed E-state index contributed by atoms with van der Waals surface area (Å²) in [6.45, 7) is 6.96. The lowest BCUT2D eigenvalue weighted by Crippen LogP contribution is -1.97. The van der Waals surface area contributed by atoms with E-state index in [0.29, 0.717) is 7.92 Å². The highest BCUT2D eigenvalue weighted by molar-refractivity contribution is 7.57. The lowest BCUT2D eigenvalue weighted by atomic mass is 10.1. The van der Waals surface area contributed by atoms with E-state index in [1.165, 1.54) is 127 Å². The van der Waals surface area contributed by atoms with E-state index in [0.717, 1.165) is 0 Å². The molecule has 0 bridgehead atoms. The zero-order valence-electron chi connectivity index (χ0n) is 25.1. The first kappa shape index (κ1) is 33.9. The summed E-state index contributed by atoms with van der Waals surface area (Å²) in [6.07, 6.45) is 31.2. The van der Waals surface area contributed by atoms with Gasteiger partial charge in [-0.15, -0.1) is 7.92 Å². The Morgan fingerprint density at radius 2 is 0.622 bits per heavy atom. The predicted molar refractivity (Wildman–Crippen MR) is 174 cm³/mol. The second-order valence-corrected chi connectivity index (χ2v) is 13.6. The lowest BCUT2D eigenvalue weighted by molar-refractivity contribution is 0.617. The van der Waals surface area contributed by atoms with Crippen LogP contribution in [0, 0.1) is 0 Å². The molecule has 0 radical (unpaired) electrons. The Hall–Kier alpha value is -1.13. The number of unbranched alkanes of at least 4 members (excludes halogenated alkanes) is 15. The maximum atomic E-state index is 2.32. The average Bonchev–Trinajstić information content (AvgIpc) is 2.95. The van der Waals surface area contributed by atoms with Crippen molar-refractivity contribution in [3.8, 4) is 11.1 Å². The van der Waals surface area contributed by atoms with E-state index in [1.54, 1.807) is 18.5 Å². The Labute approximate surface area is 234 Å². The van der Waals surface area contributed by atoms with Crippen LogP contribution in [-0.2, 0) is 0 Å². The zero-order chi connectivity index (χ0) is 26.7. The molecule has 0 unspecified atom stereocenters. The molecule has 0 saturated heterocycles. The van der Waals surface area contributed by atoms with E-state index in [1.807, 2.05) is 12.1 Å². The van der Waals surface area contributed by atoms with Crippen molar-refractivity contribution in [3.63, 3.8) is 0 Å². The molecule has 2 rings (SSSR count). The predicted octanol–water partition coefficient (Wildman–Crippen LogP) is 12.9. The first-order valence-corrected chi connectivity index (χ1v) is 18.0. The molecule has 0 atom stereocenters. The molecule has 2 aromatic rings. The van der Waals surface area contributed by atoms with Crippen LogP contribution in [-0.4, -0.2) is 18.5 Å². The molecule has 0 heterocycles. The second kappa shape index (κ2) is 26.5. The van der Waals surface area contributed by atoms with E-state index in [4.69, 9.17) is 0 Å². The van der Waals surface area contributed by atoms with Crippen molar-refractivity contribution >= 4 is 7.92 Å². The molecule has 0 aliphatic rings. The fraction of sp³-hybridized carbons (Fsp3) is 0.667. The summed E-state index contributed by atoms with van der Waals surface area (Å²) in [4.78, 5) is 0. The first-order chi connectivity index (χ1) is 18.3. The van der Waals surface area contributed by atoms with Crippen molar-refractivity contribution < 1.29 is 0 Å². The quantitative estimate of drug-likeness (QED) is 0.106. The normalized spacial score (nSPS) is 10.9. The van der Waals surface area contributed by atoms with Gasteiger partial charge in [0.2, 0.25) is 0 Å². The minimum atomic E-state index is 0.366. The number of hydrogen-bond acceptors (Lipinski definition) is 0. The van der Waals surface area contributed by atoms with Crippen molar-refractivity contribution in [2.45, 2.75) is 136 Å². The molecule has 0 N–H and O–H groups in total. The largest absolute Gasteiger partial charge is 0.107 e. The Morgan fingerprint density at radius 3 is 0.919 bits per heavy atom. The van der Waals surface area contributed by atoms with Crippen LogP contribution in [0.2, 0.25) is 0 Å². The molecule has 0 saturated carbocycles. The Bertz CT molecular complexity index is 605. The number of benzene rings is 2.